The molecule has 1 fully saturated rings. The van der Waals surface area contributed by atoms with Crippen LogP contribution in [0, 0.1) is 24.5 Å². The maximum atomic E-state index is 13.9. The molecule has 0 atom stereocenters. The van der Waals surface area contributed by atoms with Crippen molar-refractivity contribution in [3.8, 4) is 0 Å². The van der Waals surface area contributed by atoms with Crippen LogP contribution in [0.1, 0.15) is 34.5 Å². The SMILES string of the molecule is Cc1cccnc1Nc1cc(CC2CCN(C(=O)c3cccc(F)c3F)CC2)ncn1. The average Bonchev–Trinajstić information content (AvgIpc) is 2.78. The van der Waals surface area contributed by atoms with Gasteiger partial charge in [0.05, 0.1) is 5.56 Å². The summed E-state index contributed by atoms with van der Waals surface area (Å²) in [5.74, 6) is -0.770. The quantitative estimate of drug-likeness (QED) is 0.663. The highest BCUT2D eigenvalue weighted by Gasteiger charge is 2.26. The van der Waals surface area contributed by atoms with Crippen LogP contribution in [0.4, 0.5) is 20.4 Å². The number of hydrogen-bond acceptors (Lipinski definition) is 5. The van der Waals surface area contributed by atoms with Crippen LogP contribution in [0.15, 0.2) is 48.9 Å². The van der Waals surface area contributed by atoms with E-state index < -0.39 is 17.5 Å². The lowest BCUT2D eigenvalue weighted by Gasteiger charge is -2.32. The summed E-state index contributed by atoms with van der Waals surface area (Å²) in [7, 11) is 0. The molecular formula is C23H23F2N5O. The van der Waals surface area contributed by atoms with Crippen LogP contribution in [-0.2, 0) is 6.42 Å². The molecule has 1 N–H and O–H groups in total. The van der Waals surface area contributed by atoms with E-state index >= 15 is 0 Å². The minimum atomic E-state index is -1.08. The molecule has 0 radical (unpaired) electrons. The molecule has 4 rings (SSSR count). The zero-order valence-corrected chi connectivity index (χ0v) is 17.2. The number of aromatic nitrogens is 3. The van der Waals surface area contributed by atoms with Crippen molar-refractivity contribution < 1.29 is 13.6 Å². The number of pyridine rings is 1. The highest BCUT2D eigenvalue weighted by atomic mass is 19.2. The zero-order chi connectivity index (χ0) is 21.8. The van der Waals surface area contributed by atoms with Gasteiger partial charge < -0.3 is 10.2 Å². The first kappa shape index (κ1) is 20.8. The molecule has 0 bridgehead atoms. The smallest absolute Gasteiger partial charge is 0.256 e. The van der Waals surface area contributed by atoms with E-state index in [1.165, 1.54) is 18.5 Å². The summed E-state index contributed by atoms with van der Waals surface area (Å²) in [6, 6.07) is 9.46. The molecule has 6 nitrogen and oxygen atoms in total. The number of amides is 1. The molecule has 2 aromatic heterocycles. The van der Waals surface area contributed by atoms with E-state index in [0.717, 1.165) is 42.4 Å². The highest BCUT2D eigenvalue weighted by Crippen LogP contribution is 2.24. The third-order valence-electron chi connectivity index (χ3n) is 5.56. The van der Waals surface area contributed by atoms with Crippen LogP contribution in [0.2, 0.25) is 0 Å². The monoisotopic (exact) mass is 423 g/mol. The van der Waals surface area contributed by atoms with Crippen LogP contribution in [0.5, 0.6) is 0 Å². The number of aryl methyl sites for hydroxylation is 1. The maximum absolute atomic E-state index is 13.9. The number of hydrogen-bond donors (Lipinski definition) is 1. The van der Waals surface area contributed by atoms with Crippen molar-refractivity contribution in [1.82, 2.24) is 19.9 Å². The third kappa shape index (κ3) is 4.84. The number of benzene rings is 1. The van der Waals surface area contributed by atoms with E-state index in [0.29, 0.717) is 24.8 Å². The Hall–Kier alpha value is -3.42. The Morgan fingerprint density at radius 3 is 2.71 bits per heavy atom. The van der Waals surface area contributed by atoms with Gasteiger partial charge in [0.2, 0.25) is 0 Å². The van der Waals surface area contributed by atoms with Gasteiger partial charge in [-0.25, -0.2) is 23.7 Å². The Balaban J connectivity index is 1.35. The Morgan fingerprint density at radius 2 is 1.94 bits per heavy atom. The summed E-state index contributed by atoms with van der Waals surface area (Å²) >= 11 is 0. The van der Waals surface area contributed by atoms with Gasteiger partial charge in [-0.05, 0) is 55.9 Å². The van der Waals surface area contributed by atoms with Crippen molar-refractivity contribution in [3.63, 3.8) is 0 Å². The van der Waals surface area contributed by atoms with Crippen LogP contribution in [0.3, 0.4) is 0 Å². The molecule has 0 saturated carbocycles. The molecule has 8 heteroatoms. The number of likely N-dealkylation sites (tertiary alicyclic amines) is 1. The van der Waals surface area contributed by atoms with Gasteiger partial charge in [0, 0.05) is 31.0 Å². The largest absolute Gasteiger partial charge is 0.339 e. The summed E-state index contributed by atoms with van der Waals surface area (Å²) in [5.41, 5.74) is 1.72. The lowest BCUT2D eigenvalue weighted by Crippen LogP contribution is -2.39. The van der Waals surface area contributed by atoms with Gasteiger partial charge in [-0.2, -0.15) is 0 Å². The number of nitrogens with zero attached hydrogens (tertiary/aromatic N) is 4. The van der Waals surface area contributed by atoms with Gasteiger partial charge in [-0.3, -0.25) is 4.79 Å². The first-order valence-electron chi connectivity index (χ1n) is 10.2. The fourth-order valence-corrected chi connectivity index (χ4v) is 3.79. The molecule has 0 aliphatic carbocycles. The Labute approximate surface area is 179 Å². The molecule has 3 heterocycles. The molecule has 0 unspecified atom stereocenters. The van der Waals surface area contributed by atoms with Gasteiger partial charge in [-0.15, -0.1) is 0 Å². The van der Waals surface area contributed by atoms with Crippen LogP contribution in [0.25, 0.3) is 0 Å². The second-order valence-electron chi connectivity index (χ2n) is 7.73. The Bertz CT molecular complexity index is 1080. The maximum Gasteiger partial charge on any atom is 0.256 e. The predicted octanol–water partition coefficient (Wildman–Crippen LogP) is 4.30. The number of piperidine rings is 1. The molecule has 1 aromatic carbocycles. The lowest BCUT2D eigenvalue weighted by atomic mass is 9.91. The normalized spacial score (nSPS) is 14.5. The fourth-order valence-electron chi connectivity index (χ4n) is 3.79. The first-order valence-corrected chi connectivity index (χ1v) is 10.2. The molecule has 31 heavy (non-hydrogen) atoms. The lowest BCUT2D eigenvalue weighted by molar-refractivity contribution is 0.0684. The minimum absolute atomic E-state index is 0.213. The van der Waals surface area contributed by atoms with E-state index in [2.05, 4.69) is 20.3 Å². The minimum Gasteiger partial charge on any atom is -0.339 e. The molecule has 1 amide bonds. The summed E-state index contributed by atoms with van der Waals surface area (Å²) in [5, 5.41) is 3.22. The summed E-state index contributed by atoms with van der Waals surface area (Å²) in [4.78, 5) is 27.1. The number of nitrogens with one attached hydrogen (secondary N) is 1. The van der Waals surface area contributed by atoms with E-state index in [4.69, 9.17) is 0 Å². The van der Waals surface area contributed by atoms with Gasteiger partial charge in [-0.1, -0.05) is 12.1 Å². The summed E-state index contributed by atoms with van der Waals surface area (Å²) < 4.78 is 27.4. The van der Waals surface area contributed by atoms with Crippen LogP contribution < -0.4 is 5.32 Å². The predicted molar refractivity (Wildman–Crippen MR) is 113 cm³/mol. The second-order valence-corrected chi connectivity index (χ2v) is 7.73. The van der Waals surface area contributed by atoms with Crippen molar-refractivity contribution in [2.45, 2.75) is 26.2 Å². The number of carbonyl (C=O) groups excluding carboxylic acids is 1. The van der Waals surface area contributed by atoms with E-state index in [-0.39, 0.29) is 5.56 Å². The van der Waals surface area contributed by atoms with Gasteiger partial charge in [0.1, 0.15) is 18.0 Å². The molecule has 1 aliphatic rings. The second kappa shape index (κ2) is 9.16. The molecule has 160 valence electrons. The topological polar surface area (TPSA) is 71.0 Å². The number of rotatable bonds is 5. The van der Waals surface area contributed by atoms with Gasteiger partial charge in [0.15, 0.2) is 11.6 Å². The van der Waals surface area contributed by atoms with E-state index in [9.17, 15) is 13.6 Å². The van der Waals surface area contributed by atoms with Crippen molar-refractivity contribution >= 4 is 17.5 Å². The van der Waals surface area contributed by atoms with E-state index in [1.54, 1.807) is 11.1 Å². The van der Waals surface area contributed by atoms with Crippen molar-refractivity contribution in [2.75, 3.05) is 18.4 Å². The Morgan fingerprint density at radius 1 is 1.13 bits per heavy atom. The van der Waals surface area contributed by atoms with Crippen molar-refractivity contribution in [2.24, 2.45) is 5.92 Å². The molecule has 3 aromatic rings. The number of anilines is 2. The third-order valence-corrected chi connectivity index (χ3v) is 5.56. The standard InChI is InChI=1S/C23H23F2N5O/c1-15-4-3-9-26-22(15)29-20-13-17(27-14-28-20)12-16-7-10-30(11-8-16)23(31)18-5-2-6-19(24)21(18)25/h2-6,9,13-14,16H,7-8,10-12H2,1H3,(H,26,27,28,29). The van der Waals surface area contributed by atoms with Crippen LogP contribution in [-0.4, -0.2) is 38.8 Å². The zero-order valence-electron chi connectivity index (χ0n) is 17.2. The average molecular weight is 423 g/mol. The molecular weight excluding hydrogens is 400 g/mol. The van der Waals surface area contributed by atoms with Gasteiger partial charge >= 0.3 is 0 Å². The highest BCUT2D eigenvalue weighted by molar-refractivity contribution is 5.94. The Kier molecular flexibility index (Phi) is 6.16. The number of carbonyl (C=O) groups is 1. The summed E-state index contributed by atoms with van der Waals surface area (Å²) in [6.45, 7) is 2.98. The van der Waals surface area contributed by atoms with Crippen molar-refractivity contribution in [3.05, 3.63) is 77.4 Å². The number of halogens is 2. The van der Waals surface area contributed by atoms with Gasteiger partial charge in [0.25, 0.3) is 5.91 Å². The summed E-state index contributed by atoms with van der Waals surface area (Å²) in [6.07, 6.45) is 5.56. The molecule has 0 spiro atoms. The molecule has 1 saturated heterocycles. The molecule has 1 aliphatic heterocycles. The fraction of sp³-hybridized carbons (Fsp3) is 0.304. The first-order chi connectivity index (χ1) is 15.0. The van der Waals surface area contributed by atoms with E-state index in [1.807, 2.05) is 25.1 Å². The van der Waals surface area contributed by atoms with Crippen LogP contribution >= 0.6 is 0 Å². The van der Waals surface area contributed by atoms with Crippen molar-refractivity contribution in [1.29, 1.82) is 0 Å².